The van der Waals surface area contributed by atoms with Crippen molar-refractivity contribution in [3.8, 4) is 17.7 Å². The van der Waals surface area contributed by atoms with E-state index in [1.165, 1.54) is 11.8 Å². The summed E-state index contributed by atoms with van der Waals surface area (Å²) in [6, 6.07) is 13.0. The number of nitrogens with one attached hydrogen (secondary N) is 1. The number of amidine groups is 1. The third-order valence-electron chi connectivity index (χ3n) is 2.77. The van der Waals surface area contributed by atoms with Crippen LogP contribution in [0.15, 0.2) is 47.5 Å². The van der Waals surface area contributed by atoms with Gasteiger partial charge in [-0.1, -0.05) is 47.1 Å². The Balaban J connectivity index is 2.38. The fourth-order valence-corrected chi connectivity index (χ4v) is 2.24. The molecule has 4 nitrogen and oxygen atoms in total. The lowest BCUT2D eigenvalue weighted by molar-refractivity contribution is 0.484. The Morgan fingerprint density at radius 3 is 2.64 bits per heavy atom. The minimum Gasteiger partial charge on any atom is -0.454 e. The summed E-state index contributed by atoms with van der Waals surface area (Å²) in [5.41, 5.74) is 1.70. The van der Waals surface area contributed by atoms with Gasteiger partial charge in [-0.25, -0.2) is 4.99 Å². The number of aryl methyl sites for hydroxylation is 1. The van der Waals surface area contributed by atoms with Crippen LogP contribution in [0.2, 0.25) is 5.02 Å². The van der Waals surface area contributed by atoms with Crippen molar-refractivity contribution in [2.45, 2.75) is 6.92 Å². The average molecular weight is 332 g/mol. The highest BCUT2D eigenvalue weighted by Gasteiger charge is 2.10. The number of para-hydroxylation sites is 1. The SMILES string of the molecule is CSC(=Nc1cccc(Cl)c1Oc1ccc(C)cc1)NC#N. The highest BCUT2D eigenvalue weighted by atomic mass is 35.5. The molecule has 0 saturated carbocycles. The number of nitrogens with zero attached hydrogens (tertiary/aromatic N) is 2. The molecular formula is C16H14ClN3OS. The lowest BCUT2D eigenvalue weighted by Gasteiger charge is -2.11. The van der Waals surface area contributed by atoms with Crippen molar-refractivity contribution >= 4 is 34.2 Å². The van der Waals surface area contributed by atoms with Crippen molar-refractivity contribution in [1.29, 1.82) is 5.26 Å². The molecule has 0 spiro atoms. The Bertz CT molecular complexity index is 723. The highest BCUT2D eigenvalue weighted by molar-refractivity contribution is 8.13. The van der Waals surface area contributed by atoms with E-state index in [4.69, 9.17) is 21.6 Å². The van der Waals surface area contributed by atoms with Crippen LogP contribution in [0.5, 0.6) is 11.5 Å². The normalized spacial score (nSPS) is 10.9. The molecule has 2 rings (SSSR count). The van der Waals surface area contributed by atoms with Gasteiger partial charge in [0.1, 0.15) is 11.4 Å². The summed E-state index contributed by atoms with van der Waals surface area (Å²) in [4.78, 5) is 4.38. The average Bonchev–Trinajstić information content (AvgIpc) is 2.52. The zero-order valence-corrected chi connectivity index (χ0v) is 13.7. The van der Waals surface area contributed by atoms with Gasteiger partial charge < -0.3 is 4.74 Å². The Kier molecular flexibility index (Phi) is 5.70. The molecule has 0 unspecified atom stereocenters. The molecule has 112 valence electrons. The molecule has 0 atom stereocenters. The molecule has 0 radical (unpaired) electrons. The fourth-order valence-electron chi connectivity index (χ4n) is 1.69. The first kappa shape index (κ1) is 16.2. The number of thioether (sulfide) groups is 1. The molecule has 0 heterocycles. The van der Waals surface area contributed by atoms with Gasteiger partial charge >= 0.3 is 0 Å². The van der Waals surface area contributed by atoms with Crippen molar-refractivity contribution in [2.75, 3.05) is 6.26 Å². The minimum absolute atomic E-state index is 0.458. The van der Waals surface area contributed by atoms with E-state index in [1.54, 1.807) is 18.2 Å². The molecule has 0 saturated heterocycles. The zero-order valence-electron chi connectivity index (χ0n) is 12.1. The van der Waals surface area contributed by atoms with Crippen molar-refractivity contribution in [2.24, 2.45) is 4.99 Å². The lowest BCUT2D eigenvalue weighted by atomic mass is 10.2. The molecule has 0 aromatic heterocycles. The van der Waals surface area contributed by atoms with E-state index >= 15 is 0 Å². The van der Waals surface area contributed by atoms with Crippen LogP contribution in [0, 0.1) is 18.4 Å². The molecule has 6 heteroatoms. The predicted octanol–water partition coefficient (Wildman–Crippen LogP) is 4.86. The van der Waals surface area contributed by atoms with Gasteiger partial charge in [-0.15, -0.1) is 0 Å². The molecule has 2 aromatic rings. The van der Waals surface area contributed by atoms with Gasteiger partial charge in [0.25, 0.3) is 0 Å². The second kappa shape index (κ2) is 7.74. The van der Waals surface area contributed by atoms with E-state index < -0.39 is 0 Å². The predicted molar refractivity (Wildman–Crippen MR) is 92.1 cm³/mol. The number of hydrogen-bond donors (Lipinski definition) is 1. The van der Waals surface area contributed by atoms with Crippen LogP contribution >= 0.6 is 23.4 Å². The van der Waals surface area contributed by atoms with Crippen molar-refractivity contribution in [3.05, 3.63) is 53.1 Å². The fraction of sp³-hybridized carbons (Fsp3) is 0.125. The Morgan fingerprint density at radius 1 is 1.27 bits per heavy atom. The van der Waals surface area contributed by atoms with Crippen LogP contribution in [0.1, 0.15) is 5.56 Å². The number of benzene rings is 2. The van der Waals surface area contributed by atoms with Crippen LogP contribution in [0.4, 0.5) is 5.69 Å². The molecule has 0 aliphatic rings. The number of hydrogen-bond acceptors (Lipinski definition) is 4. The highest BCUT2D eigenvalue weighted by Crippen LogP contribution is 2.38. The van der Waals surface area contributed by atoms with E-state index in [9.17, 15) is 0 Å². The van der Waals surface area contributed by atoms with E-state index in [0.717, 1.165) is 5.56 Å². The monoisotopic (exact) mass is 331 g/mol. The molecule has 0 fully saturated rings. The molecule has 0 aliphatic heterocycles. The first-order valence-electron chi connectivity index (χ1n) is 6.45. The maximum atomic E-state index is 8.72. The van der Waals surface area contributed by atoms with Gasteiger partial charge in [0.05, 0.1) is 5.02 Å². The Labute approximate surface area is 138 Å². The van der Waals surface area contributed by atoms with Crippen LogP contribution in [-0.2, 0) is 0 Å². The Hall–Kier alpha value is -2.16. The number of ether oxygens (including phenoxy) is 1. The molecular weight excluding hydrogens is 318 g/mol. The Morgan fingerprint density at radius 2 is 2.00 bits per heavy atom. The molecule has 22 heavy (non-hydrogen) atoms. The van der Waals surface area contributed by atoms with Crippen LogP contribution in [-0.4, -0.2) is 11.4 Å². The zero-order chi connectivity index (χ0) is 15.9. The lowest BCUT2D eigenvalue weighted by Crippen LogP contribution is -2.12. The maximum absolute atomic E-state index is 8.72. The number of aliphatic imine (C=N–C) groups is 1. The standard InChI is InChI=1S/C16H14ClN3OS/c1-11-6-8-12(9-7-11)21-15-13(17)4-3-5-14(15)20-16(22-2)19-10-18/h3-9H,1-2H3,(H,19,20). The summed E-state index contributed by atoms with van der Waals surface area (Å²) >= 11 is 7.56. The summed E-state index contributed by atoms with van der Waals surface area (Å²) in [5, 5.41) is 12.2. The second-order valence-electron chi connectivity index (χ2n) is 4.36. The largest absolute Gasteiger partial charge is 0.454 e. The van der Waals surface area contributed by atoms with Crippen LogP contribution in [0.25, 0.3) is 0 Å². The number of halogens is 1. The first-order chi connectivity index (χ1) is 10.6. The topological polar surface area (TPSA) is 57.4 Å². The van der Waals surface area contributed by atoms with Crippen molar-refractivity contribution in [1.82, 2.24) is 5.32 Å². The molecule has 0 bridgehead atoms. The summed E-state index contributed by atoms with van der Waals surface area (Å²) in [5.74, 6) is 1.13. The molecule has 2 aromatic carbocycles. The van der Waals surface area contributed by atoms with Gasteiger partial charge in [-0.2, -0.15) is 5.26 Å². The molecule has 0 amide bonds. The molecule has 1 N–H and O–H groups in total. The van der Waals surface area contributed by atoms with E-state index in [-0.39, 0.29) is 0 Å². The second-order valence-corrected chi connectivity index (χ2v) is 5.56. The third-order valence-corrected chi connectivity index (χ3v) is 3.64. The van der Waals surface area contributed by atoms with Crippen molar-refractivity contribution < 1.29 is 4.74 Å². The van der Waals surface area contributed by atoms with Crippen LogP contribution in [0.3, 0.4) is 0 Å². The quantitative estimate of drug-likeness (QED) is 0.377. The van der Waals surface area contributed by atoms with Gasteiger partial charge in [0.2, 0.25) is 0 Å². The summed E-state index contributed by atoms with van der Waals surface area (Å²) < 4.78 is 5.86. The van der Waals surface area contributed by atoms with Crippen LogP contribution < -0.4 is 10.1 Å². The van der Waals surface area contributed by atoms with Gasteiger partial charge in [0, 0.05) is 0 Å². The molecule has 0 aliphatic carbocycles. The maximum Gasteiger partial charge on any atom is 0.183 e. The van der Waals surface area contributed by atoms with Gasteiger partial charge in [-0.05, 0) is 37.4 Å². The summed E-state index contributed by atoms with van der Waals surface area (Å²) in [6.45, 7) is 2.01. The number of nitriles is 1. The van der Waals surface area contributed by atoms with E-state index in [1.807, 2.05) is 43.6 Å². The minimum atomic E-state index is 0.458. The first-order valence-corrected chi connectivity index (χ1v) is 8.05. The number of rotatable bonds is 3. The van der Waals surface area contributed by atoms with E-state index in [0.29, 0.717) is 27.4 Å². The smallest absolute Gasteiger partial charge is 0.183 e. The summed E-state index contributed by atoms with van der Waals surface area (Å²) in [7, 11) is 0. The van der Waals surface area contributed by atoms with E-state index in [2.05, 4.69) is 10.3 Å². The summed E-state index contributed by atoms with van der Waals surface area (Å²) in [6.07, 6.45) is 3.68. The third kappa shape index (κ3) is 4.17. The van der Waals surface area contributed by atoms with Gasteiger partial charge in [0.15, 0.2) is 17.1 Å². The van der Waals surface area contributed by atoms with Crippen molar-refractivity contribution in [3.63, 3.8) is 0 Å². The van der Waals surface area contributed by atoms with Gasteiger partial charge in [-0.3, -0.25) is 5.32 Å².